The molecule has 0 heterocycles. The highest BCUT2D eigenvalue weighted by molar-refractivity contribution is 7.98. The fourth-order valence-corrected chi connectivity index (χ4v) is 2.59. The van der Waals surface area contributed by atoms with Crippen LogP contribution < -0.4 is 0 Å². The Balaban J connectivity index is 3.48. The zero-order valence-corrected chi connectivity index (χ0v) is 11.2. The van der Waals surface area contributed by atoms with E-state index in [1.54, 1.807) is 6.07 Å². The van der Waals surface area contributed by atoms with Crippen molar-refractivity contribution in [2.24, 2.45) is 0 Å². The van der Waals surface area contributed by atoms with Crippen molar-refractivity contribution >= 4 is 11.8 Å². The molecule has 0 nitrogen and oxygen atoms in total. The van der Waals surface area contributed by atoms with Gasteiger partial charge in [0.15, 0.2) is 0 Å². The van der Waals surface area contributed by atoms with Crippen molar-refractivity contribution < 1.29 is 4.39 Å². The molecule has 1 aromatic carbocycles. The van der Waals surface area contributed by atoms with Crippen molar-refractivity contribution in [1.29, 1.82) is 0 Å². The van der Waals surface area contributed by atoms with E-state index in [0.29, 0.717) is 0 Å². The second-order valence-electron chi connectivity index (χ2n) is 4.94. The molecule has 0 spiro atoms. The van der Waals surface area contributed by atoms with Gasteiger partial charge < -0.3 is 0 Å². The summed E-state index contributed by atoms with van der Waals surface area (Å²) in [6, 6.07) is 1.69. The van der Waals surface area contributed by atoms with Crippen LogP contribution in [0.25, 0.3) is 0 Å². The molecule has 0 unspecified atom stereocenters. The molecule has 15 heavy (non-hydrogen) atoms. The van der Waals surface area contributed by atoms with Crippen LogP contribution in [0.4, 0.5) is 4.39 Å². The minimum absolute atomic E-state index is 0.00657. The molecule has 2 heteroatoms. The Hall–Kier alpha value is -0.500. The molecular weight excluding hydrogens is 207 g/mol. The predicted molar refractivity (Wildman–Crippen MR) is 66.4 cm³/mol. The molecule has 0 aliphatic heterocycles. The van der Waals surface area contributed by atoms with Crippen LogP contribution in [-0.2, 0) is 5.41 Å². The Morgan fingerprint density at radius 1 is 1.13 bits per heavy atom. The predicted octanol–water partition coefficient (Wildman–Crippen LogP) is 4.46. The monoisotopic (exact) mass is 226 g/mol. The largest absolute Gasteiger partial charge is 0.206 e. The molecule has 0 fully saturated rings. The summed E-state index contributed by atoms with van der Waals surface area (Å²) in [6.45, 7) is 10.4. The van der Waals surface area contributed by atoms with Gasteiger partial charge in [0.2, 0.25) is 0 Å². The Morgan fingerprint density at radius 3 is 2.07 bits per heavy atom. The smallest absolute Gasteiger partial charge is 0.137 e. The molecule has 0 aliphatic rings. The number of hydrogen-bond acceptors (Lipinski definition) is 1. The number of rotatable bonds is 1. The van der Waals surface area contributed by atoms with E-state index in [1.165, 1.54) is 17.3 Å². The molecule has 0 bridgehead atoms. The Labute approximate surface area is 96.3 Å². The zero-order chi connectivity index (χ0) is 11.8. The molecule has 0 radical (unpaired) electrons. The fraction of sp³-hybridized carbons (Fsp3) is 0.538. The molecule has 0 aromatic heterocycles. The average Bonchev–Trinajstić information content (AvgIpc) is 2.10. The highest BCUT2D eigenvalue weighted by Crippen LogP contribution is 2.34. The van der Waals surface area contributed by atoms with E-state index in [0.717, 1.165) is 16.0 Å². The summed E-state index contributed by atoms with van der Waals surface area (Å²) in [7, 11) is 0. The van der Waals surface area contributed by atoms with Crippen molar-refractivity contribution in [3.8, 4) is 0 Å². The highest BCUT2D eigenvalue weighted by atomic mass is 32.2. The van der Waals surface area contributed by atoms with Crippen molar-refractivity contribution in [2.75, 3.05) is 6.26 Å². The van der Waals surface area contributed by atoms with Gasteiger partial charge in [0.1, 0.15) is 5.82 Å². The SMILES string of the molecule is CSc1c(F)cc(C(C)(C)C)c(C)c1C. The van der Waals surface area contributed by atoms with Gasteiger partial charge in [0.05, 0.1) is 0 Å². The lowest BCUT2D eigenvalue weighted by Crippen LogP contribution is -2.15. The molecule has 0 N–H and O–H groups in total. The van der Waals surface area contributed by atoms with E-state index < -0.39 is 0 Å². The molecule has 1 aromatic rings. The van der Waals surface area contributed by atoms with E-state index in [2.05, 4.69) is 27.7 Å². The second-order valence-corrected chi connectivity index (χ2v) is 5.76. The van der Waals surface area contributed by atoms with Crippen LogP contribution in [0.15, 0.2) is 11.0 Å². The summed E-state index contributed by atoms with van der Waals surface area (Å²) in [4.78, 5) is 0.778. The summed E-state index contributed by atoms with van der Waals surface area (Å²) < 4.78 is 13.8. The Morgan fingerprint density at radius 2 is 1.67 bits per heavy atom. The average molecular weight is 226 g/mol. The van der Waals surface area contributed by atoms with E-state index in [9.17, 15) is 4.39 Å². The maximum atomic E-state index is 13.8. The lowest BCUT2D eigenvalue weighted by atomic mass is 9.82. The molecule has 0 saturated carbocycles. The summed E-state index contributed by atoms with van der Waals surface area (Å²) in [5, 5.41) is 0. The quantitative estimate of drug-likeness (QED) is 0.637. The lowest BCUT2D eigenvalue weighted by Gasteiger charge is -2.24. The van der Waals surface area contributed by atoms with Crippen molar-refractivity contribution in [3.63, 3.8) is 0 Å². The van der Waals surface area contributed by atoms with Gasteiger partial charge in [-0.05, 0) is 48.3 Å². The van der Waals surface area contributed by atoms with Gasteiger partial charge in [-0.25, -0.2) is 4.39 Å². The maximum Gasteiger partial charge on any atom is 0.137 e. The first-order valence-corrected chi connectivity index (χ1v) is 6.35. The third-order valence-electron chi connectivity index (χ3n) is 2.81. The Kier molecular flexibility index (Phi) is 3.49. The number of halogens is 1. The van der Waals surface area contributed by atoms with Gasteiger partial charge in [0.25, 0.3) is 0 Å². The van der Waals surface area contributed by atoms with Crippen LogP contribution in [0, 0.1) is 19.7 Å². The standard InChI is InChI=1S/C13H19FS/c1-8-9(2)12(15-6)11(14)7-10(8)13(3,4)5/h7H,1-6H3. The minimum atomic E-state index is -0.0875. The number of benzene rings is 1. The first kappa shape index (κ1) is 12.6. The third-order valence-corrected chi connectivity index (χ3v) is 3.72. The van der Waals surface area contributed by atoms with Crippen LogP contribution in [0.5, 0.6) is 0 Å². The zero-order valence-electron chi connectivity index (χ0n) is 10.4. The van der Waals surface area contributed by atoms with E-state index >= 15 is 0 Å². The van der Waals surface area contributed by atoms with Crippen molar-refractivity contribution in [1.82, 2.24) is 0 Å². The van der Waals surface area contributed by atoms with Crippen LogP contribution in [0.1, 0.15) is 37.5 Å². The van der Waals surface area contributed by atoms with Crippen LogP contribution in [0.2, 0.25) is 0 Å². The minimum Gasteiger partial charge on any atom is -0.206 e. The molecular formula is C13H19FS. The van der Waals surface area contributed by atoms with E-state index in [1.807, 2.05) is 13.2 Å². The summed E-state index contributed by atoms with van der Waals surface area (Å²) in [6.07, 6.45) is 1.92. The topological polar surface area (TPSA) is 0 Å². The molecule has 0 amide bonds. The third kappa shape index (κ3) is 2.36. The van der Waals surface area contributed by atoms with E-state index in [4.69, 9.17) is 0 Å². The summed E-state index contributed by atoms with van der Waals surface area (Å²) in [5.41, 5.74) is 3.41. The van der Waals surface area contributed by atoms with Crippen LogP contribution >= 0.6 is 11.8 Å². The van der Waals surface area contributed by atoms with Crippen LogP contribution in [-0.4, -0.2) is 6.26 Å². The number of hydrogen-bond donors (Lipinski definition) is 0. The van der Waals surface area contributed by atoms with Gasteiger partial charge in [-0.2, -0.15) is 0 Å². The fourth-order valence-electron chi connectivity index (χ4n) is 1.88. The van der Waals surface area contributed by atoms with Gasteiger partial charge in [-0.1, -0.05) is 20.8 Å². The molecule has 1 rings (SSSR count). The molecule has 0 atom stereocenters. The molecule has 0 aliphatic carbocycles. The van der Waals surface area contributed by atoms with Crippen molar-refractivity contribution in [3.05, 3.63) is 28.6 Å². The second kappa shape index (κ2) is 4.17. The van der Waals surface area contributed by atoms with Crippen LogP contribution in [0.3, 0.4) is 0 Å². The maximum absolute atomic E-state index is 13.8. The van der Waals surface area contributed by atoms with Gasteiger partial charge in [-0.3, -0.25) is 0 Å². The number of thioether (sulfide) groups is 1. The molecule has 84 valence electrons. The van der Waals surface area contributed by atoms with Gasteiger partial charge in [0, 0.05) is 4.90 Å². The normalized spacial score (nSPS) is 11.9. The van der Waals surface area contributed by atoms with Gasteiger partial charge in [-0.15, -0.1) is 11.8 Å². The Bertz CT molecular complexity index is 375. The first-order valence-electron chi connectivity index (χ1n) is 5.13. The highest BCUT2D eigenvalue weighted by Gasteiger charge is 2.20. The van der Waals surface area contributed by atoms with E-state index in [-0.39, 0.29) is 11.2 Å². The molecule has 0 saturated heterocycles. The summed E-state index contributed by atoms with van der Waals surface area (Å²) >= 11 is 1.48. The van der Waals surface area contributed by atoms with Crippen molar-refractivity contribution in [2.45, 2.75) is 44.9 Å². The lowest BCUT2D eigenvalue weighted by molar-refractivity contribution is 0.555. The first-order chi connectivity index (χ1) is 6.79. The summed E-state index contributed by atoms with van der Waals surface area (Å²) in [5.74, 6) is -0.0875. The van der Waals surface area contributed by atoms with Gasteiger partial charge >= 0.3 is 0 Å².